The third-order valence-corrected chi connectivity index (χ3v) is 2.20. The molecular weight excluding hydrogens is 204 g/mol. The van der Waals surface area contributed by atoms with Crippen molar-refractivity contribution in [1.29, 1.82) is 0 Å². The molecule has 0 aromatic rings. The second-order valence-electron chi connectivity index (χ2n) is 3.43. The van der Waals surface area contributed by atoms with Gasteiger partial charge in [-0.3, -0.25) is 0 Å². The summed E-state index contributed by atoms with van der Waals surface area (Å²) in [6.07, 6.45) is 3.66. The molecule has 1 aliphatic heterocycles. The van der Waals surface area contributed by atoms with Crippen LogP contribution >= 0.6 is 0 Å². The fourth-order valence-corrected chi connectivity index (χ4v) is 1.52. The third kappa shape index (κ3) is 3.68. The molecule has 0 aromatic heterocycles. The first-order chi connectivity index (χ1) is 7.81. The van der Waals surface area contributed by atoms with Gasteiger partial charge in [0, 0.05) is 0 Å². The maximum atomic E-state index is 5.47. The lowest BCUT2D eigenvalue weighted by molar-refractivity contribution is 0.292. The fourth-order valence-electron chi connectivity index (χ4n) is 1.52. The van der Waals surface area contributed by atoms with E-state index in [9.17, 15) is 0 Å². The van der Waals surface area contributed by atoms with Crippen molar-refractivity contribution in [2.45, 2.75) is 32.7 Å². The van der Waals surface area contributed by atoms with Crippen LogP contribution in [0.25, 0.3) is 0 Å². The first-order valence-electron chi connectivity index (χ1n) is 5.79. The van der Waals surface area contributed by atoms with E-state index in [0.717, 1.165) is 18.7 Å². The van der Waals surface area contributed by atoms with Gasteiger partial charge in [0.05, 0.1) is 13.2 Å². The molecule has 0 bridgehead atoms. The number of ether oxygens (including phenoxy) is 2. The molecule has 0 saturated carbocycles. The minimum atomic E-state index is -0.00625. The minimum Gasteiger partial charge on any atom is -0.480 e. The maximum Gasteiger partial charge on any atom is 0.209 e. The largest absolute Gasteiger partial charge is 0.480 e. The molecule has 0 aliphatic carbocycles. The Balaban J connectivity index is 2.62. The zero-order valence-corrected chi connectivity index (χ0v) is 10.1. The first kappa shape index (κ1) is 12.7. The Hall–Kier alpha value is -1.32. The van der Waals surface area contributed by atoms with E-state index < -0.39 is 0 Å². The van der Waals surface area contributed by atoms with E-state index in [4.69, 9.17) is 9.47 Å². The van der Waals surface area contributed by atoms with Crippen molar-refractivity contribution in [2.75, 3.05) is 19.8 Å². The van der Waals surface area contributed by atoms with Crippen LogP contribution in [0.3, 0.4) is 0 Å². The van der Waals surface area contributed by atoms with E-state index in [1.165, 1.54) is 0 Å². The van der Waals surface area contributed by atoms with Gasteiger partial charge in [-0.05, 0) is 26.7 Å². The smallest absolute Gasteiger partial charge is 0.209 e. The highest BCUT2D eigenvalue weighted by molar-refractivity contribution is 5.91. The highest BCUT2D eigenvalue weighted by atomic mass is 16.5. The number of hydrogen-bond donors (Lipinski definition) is 0. The molecule has 0 N–H and O–H groups in total. The Morgan fingerprint density at radius 1 is 1.38 bits per heavy atom. The molecule has 1 heterocycles. The Morgan fingerprint density at radius 2 is 2.12 bits per heavy atom. The van der Waals surface area contributed by atoms with Gasteiger partial charge in [-0.15, -0.1) is 6.58 Å². The van der Waals surface area contributed by atoms with Crippen LogP contribution in [0.1, 0.15) is 26.7 Å². The first-order valence-corrected chi connectivity index (χ1v) is 5.79. The van der Waals surface area contributed by atoms with Gasteiger partial charge >= 0.3 is 0 Å². The molecule has 0 amide bonds. The summed E-state index contributed by atoms with van der Waals surface area (Å²) in [5.74, 6) is 1.44. The van der Waals surface area contributed by atoms with Crippen LogP contribution in [0.5, 0.6) is 0 Å². The lowest BCUT2D eigenvalue weighted by Gasteiger charge is -2.20. The van der Waals surface area contributed by atoms with Crippen molar-refractivity contribution in [3.8, 4) is 0 Å². The van der Waals surface area contributed by atoms with Gasteiger partial charge in [-0.1, -0.05) is 6.08 Å². The van der Waals surface area contributed by atoms with E-state index in [1.807, 2.05) is 19.9 Å². The Kier molecular flexibility index (Phi) is 5.61. The monoisotopic (exact) mass is 224 g/mol. The normalized spacial score (nSPS) is 19.8. The van der Waals surface area contributed by atoms with Crippen LogP contribution in [-0.4, -0.2) is 37.6 Å². The molecule has 1 rings (SSSR count). The predicted octanol–water partition coefficient (Wildman–Crippen LogP) is 2.20. The summed E-state index contributed by atoms with van der Waals surface area (Å²) in [4.78, 5) is 8.86. The average Bonchev–Trinajstić information content (AvgIpc) is 2.30. The third-order valence-electron chi connectivity index (χ3n) is 2.20. The van der Waals surface area contributed by atoms with Crippen LogP contribution in [0, 0.1) is 0 Å². The second kappa shape index (κ2) is 7.04. The highest BCUT2D eigenvalue weighted by Crippen LogP contribution is 2.12. The molecule has 90 valence electrons. The summed E-state index contributed by atoms with van der Waals surface area (Å²) in [6, 6.07) is -0.00625. The van der Waals surface area contributed by atoms with Gasteiger partial charge in [0.2, 0.25) is 11.8 Å². The van der Waals surface area contributed by atoms with E-state index in [2.05, 4.69) is 16.6 Å². The van der Waals surface area contributed by atoms with E-state index in [-0.39, 0.29) is 6.04 Å². The fraction of sp³-hybridized carbons (Fsp3) is 0.667. The highest BCUT2D eigenvalue weighted by Gasteiger charge is 2.21. The quantitative estimate of drug-likeness (QED) is 0.672. The minimum absolute atomic E-state index is 0.00625. The molecule has 0 fully saturated rings. The molecule has 4 heteroatoms. The van der Waals surface area contributed by atoms with Crippen molar-refractivity contribution >= 4 is 11.8 Å². The van der Waals surface area contributed by atoms with Crippen LogP contribution in [-0.2, 0) is 9.47 Å². The Bertz CT molecular complexity index is 285. The van der Waals surface area contributed by atoms with Crippen LogP contribution in [0.15, 0.2) is 22.6 Å². The van der Waals surface area contributed by atoms with E-state index in [0.29, 0.717) is 25.7 Å². The number of rotatable bonds is 5. The van der Waals surface area contributed by atoms with Gasteiger partial charge in [-0.2, -0.15) is 0 Å². The van der Waals surface area contributed by atoms with E-state index >= 15 is 0 Å². The maximum absolute atomic E-state index is 5.47. The summed E-state index contributed by atoms with van der Waals surface area (Å²) in [5, 5.41) is 0. The number of aliphatic imine (C=N–C) groups is 2. The Morgan fingerprint density at radius 3 is 2.75 bits per heavy atom. The van der Waals surface area contributed by atoms with Gasteiger partial charge in [0.25, 0.3) is 0 Å². The van der Waals surface area contributed by atoms with Crippen LogP contribution in [0.4, 0.5) is 0 Å². The molecule has 0 unspecified atom stereocenters. The average molecular weight is 224 g/mol. The second-order valence-corrected chi connectivity index (χ2v) is 3.43. The lowest BCUT2D eigenvalue weighted by Crippen LogP contribution is -2.30. The molecule has 0 spiro atoms. The van der Waals surface area contributed by atoms with Crippen molar-refractivity contribution in [3.63, 3.8) is 0 Å². The van der Waals surface area contributed by atoms with Gasteiger partial charge in [-0.25, -0.2) is 9.98 Å². The van der Waals surface area contributed by atoms with Crippen LogP contribution in [0.2, 0.25) is 0 Å². The Labute approximate surface area is 97.1 Å². The zero-order chi connectivity index (χ0) is 11.8. The summed E-state index contributed by atoms with van der Waals surface area (Å²) in [5.41, 5.74) is 0. The molecular formula is C12H20N2O2. The van der Waals surface area contributed by atoms with Crippen molar-refractivity contribution in [3.05, 3.63) is 12.7 Å². The predicted molar refractivity (Wildman–Crippen MR) is 66.2 cm³/mol. The van der Waals surface area contributed by atoms with Gasteiger partial charge < -0.3 is 9.47 Å². The number of nitrogens with zero attached hydrogens (tertiary/aromatic N) is 2. The van der Waals surface area contributed by atoms with Gasteiger partial charge in [0.15, 0.2) is 0 Å². The molecule has 1 aliphatic rings. The van der Waals surface area contributed by atoms with Crippen LogP contribution < -0.4 is 0 Å². The van der Waals surface area contributed by atoms with Crippen molar-refractivity contribution in [2.24, 2.45) is 9.98 Å². The van der Waals surface area contributed by atoms with Crippen molar-refractivity contribution < 1.29 is 9.47 Å². The lowest BCUT2D eigenvalue weighted by atomic mass is 10.1. The molecule has 16 heavy (non-hydrogen) atoms. The molecule has 1 atom stereocenters. The molecule has 4 nitrogen and oxygen atoms in total. The molecule has 0 saturated heterocycles. The molecule has 0 aromatic carbocycles. The summed E-state index contributed by atoms with van der Waals surface area (Å²) in [7, 11) is 0. The summed E-state index contributed by atoms with van der Waals surface area (Å²) < 4.78 is 10.9. The standard InChI is InChI=1S/C12H20N2O2/c1-4-7-8-10-12(16-6-3)13-9-11(14-10)15-5-2/h4,10H,1,5-9H2,2-3H3/t10-/m0/s1. The zero-order valence-electron chi connectivity index (χ0n) is 10.1. The molecule has 0 radical (unpaired) electrons. The number of hydrogen-bond acceptors (Lipinski definition) is 4. The number of allylic oxidation sites excluding steroid dienone is 1. The van der Waals surface area contributed by atoms with E-state index in [1.54, 1.807) is 0 Å². The van der Waals surface area contributed by atoms with Gasteiger partial charge in [0.1, 0.15) is 12.6 Å². The summed E-state index contributed by atoms with van der Waals surface area (Å²) in [6.45, 7) is 9.36. The van der Waals surface area contributed by atoms with Crippen molar-refractivity contribution in [1.82, 2.24) is 0 Å². The SMILES string of the molecule is C=CCC[C@@H]1N=C(OCC)CN=C1OCC. The topological polar surface area (TPSA) is 43.2 Å². The summed E-state index contributed by atoms with van der Waals surface area (Å²) >= 11 is 0.